The maximum atomic E-state index is 4.36. The lowest BCUT2D eigenvalue weighted by atomic mass is 10.5. The number of aromatic nitrogens is 4. The van der Waals surface area contributed by atoms with E-state index in [1.165, 1.54) is 0 Å². The number of rotatable bonds is 0. The predicted molar refractivity (Wildman–Crippen MR) is 46.9 cm³/mol. The molecule has 0 amide bonds. The zero-order chi connectivity index (χ0) is 7.97. The molecule has 0 aromatic carbocycles. The summed E-state index contributed by atoms with van der Waals surface area (Å²) in [6.45, 7) is 0.893. The van der Waals surface area contributed by atoms with Crippen molar-refractivity contribution in [2.75, 3.05) is 0 Å². The second-order valence-electron chi connectivity index (χ2n) is 2.63. The zero-order valence-electron chi connectivity index (χ0n) is 6.18. The SMILES string of the molecule is C1=Cc2nc3cnpnc3n2C1. The molecule has 0 aliphatic carbocycles. The van der Waals surface area contributed by atoms with Gasteiger partial charge in [-0.15, -0.1) is 0 Å². The minimum absolute atomic E-state index is 0.765. The highest BCUT2D eigenvalue weighted by atomic mass is 31.1. The molecular formula is C7H5N4P. The summed E-state index contributed by atoms with van der Waals surface area (Å²) in [6.07, 6.45) is 5.88. The van der Waals surface area contributed by atoms with Crippen molar-refractivity contribution in [1.29, 1.82) is 0 Å². The smallest absolute Gasteiger partial charge is 0.168 e. The molecule has 0 fully saturated rings. The topological polar surface area (TPSA) is 43.6 Å². The Hall–Kier alpha value is -1.28. The average molecular weight is 176 g/mol. The number of nitrogens with zero attached hydrogens (tertiary/aromatic N) is 4. The molecular weight excluding hydrogens is 171 g/mol. The fraction of sp³-hybridized carbons (Fsp3) is 0.143. The van der Waals surface area contributed by atoms with Crippen molar-refractivity contribution in [2.45, 2.75) is 6.54 Å². The number of fused-ring (bicyclic) bond motifs is 3. The number of hydrogen-bond acceptors (Lipinski definition) is 3. The maximum Gasteiger partial charge on any atom is 0.168 e. The monoisotopic (exact) mass is 176 g/mol. The molecule has 0 spiro atoms. The van der Waals surface area contributed by atoms with Gasteiger partial charge in [-0.1, -0.05) is 6.08 Å². The van der Waals surface area contributed by atoms with Gasteiger partial charge in [0.05, 0.1) is 6.20 Å². The summed E-state index contributed by atoms with van der Waals surface area (Å²) >= 11 is 0. The molecule has 0 atom stereocenters. The third kappa shape index (κ3) is 0.676. The zero-order valence-corrected chi connectivity index (χ0v) is 7.07. The maximum absolute atomic E-state index is 4.36. The van der Waals surface area contributed by atoms with Crippen molar-refractivity contribution >= 4 is 25.7 Å². The third-order valence-electron chi connectivity index (χ3n) is 1.92. The largest absolute Gasteiger partial charge is 0.305 e. The highest BCUT2D eigenvalue weighted by Gasteiger charge is 2.11. The lowest BCUT2D eigenvalue weighted by Crippen LogP contribution is -1.92. The van der Waals surface area contributed by atoms with Crippen LogP contribution in [0.5, 0.6) is 0 Å². The minimum atomic E-state index is 0.765. The summed E-state index contributed by atoms with van der Waals surface area (Å²) in [5.74, 6) is 0.993. The van der Waals surface area contributed by atoms with Gasteiger partial charge in [0, 0.05) is 6.54 Å². The Kier molecular flexibility index (Phi) is 1.10. The molecule has 4 nitrogen and oxygen atoms in total. The van der Waals surface area contributed by atoms with Crippen molar-refractivity contribution in [3.8, 4) is 0 Å². The highest BCUT2D eigenvalue weighted by Crippen LogP contribution is 2.19. The number of hydrogen-bond donors (Lipinski definition) is 0. The van der Waals surface area contributed by atoms with Crippen molar-refractivity contribution in [1.82, 2.24) is 19.0 Å². The van der Waals surface area contributed by atoms with Gasteiger partial charge in [0.25, 0.3) is 0 Å². The molecule has 2 aromatic heterocycles. The van der Waals surface area contributed by atoms with Crippen LogP contribution >= 0.6 is 8.51 Å². The molecule has 0 bridgehead atoms. The van der Waals surface area contributed by atoms with E-state index in [2.05, 4.69) is 25.1 Å². The molecule has 0 saturated carbocycles. The van der Waals surface area contributed by atoms with Gasteiger partial charge in [-0.2, -0.15) is 4.75 Å². The van der Waals surface area contributed by atoms with Crippen molar-refractivity contribution < 1.29 is 0 Å². The van der Waals surface area contributed by atoms with E-state index in [0.29, 0.717) is 0 Å². The van der Waals surface area contributed by atoms with Gasteiger partial charge in [-0.25, -0.2) is 9.73 Å². The molecule has 2 aromatic rings. The molecule has 58 valence electrons. The summed E-state index contributed by atoms with van der Waals surface area (Å²) in [5.41, 5.74) is 1.86. The van der Waals surface area contributed by atoms with E-state index in [4.69, 9.17) is 0 Å². The van der Waals surface area contributed by atoms with E-state index in [0.717, 1.165) is 32.0 Å². The van der Waals surface area contributed by atoms with Crippen LogP contribution in [0.3, 0.4) is 0 Å². The summed E-state index contributed by atoms with van der Waals surface area (Å²) in [7, 11) is 0.765. The second kappa shape index (κ2) is 2.11. The van der Waals surface area contributed by atoms with Crippen LogP contribution in [-0.2, 0) is 6.54 Å². The molecule has 0 N–H and O–H groups in total. The Balaban J connectivity index is 2.49. The third-order valence-corrected chi connectivity index (χ3v) is 2.42. The van der Waals surface area contributed by atoms with E-state index in [9.17, 15) is 0 Å². The van der Waals surface area contributed by atoms with Crippen molar-refractivity contribution in [3.63, 3.8) is 0 Å². The normalized spacial score (nSPS) is 14.7. The van der Waals surface area contributed by atoms with Gasteiger partial charge < -0.3 is 4.57 Å². The van der Waals surface area contributed by atoms with Crippen LogP contribution in [-0.4, -0.2) is 19.0 Å². The molecule has 1 aliphatic rings. The molecule has 3 heterocycles. The van der Waals surface area contributed by atoms with Crippen LogP contribution < -0.4 is 0 Å². The Labute approximate surface area is 70.2 Å². The first-order chi connectivity index (χ1) is 5.95. The first-order valence-corrected chi connectivity index (χ1v) is 4.46. The summed E-state index contributed by atoms with van der Waals surface area (Å²) in [6, 6.07) is 0. The highest BCUT2D eigenvalue weighted by molar-refractivity contribution is 7.20. The van der Waals surface area contributed by atoms with E-state index in [1.807, 2.05) is 6.08 Å². The molecule has 12 heavy (non-hydrogen) atoms. The van der Waals surface area contributed by atoms with Gasteiger partial charge >= 0.3 is 0 Å². The molecule has 0 saturated heterocycles. The first-order valence-electron chi connectivity index (χ1n) is 3.66. The summed E-state index contributed by atoms with van der Waals surface area (Å²) in [4.78, 5) is 4.36. The summed E-state index contributed by atoms with van der Waals surface area (Å²) < 4.78 is 10.4. The molecule has 0 unspecified atom stereocenters. The van der Waals surface area contributed by atoms with Crippen LogP contribution in [0.25, 0.3) is 17.2 Å². The first kappa shape index (κ1) is 6.26. The minimum Gasteiger partial charge on any atom is -0.305 e. The fourth-order valence-electron chi connectivity index (χ4n) is 1.39. The van der Waals surface area contributed by atoms with Crippen LogP contribution in [0.1, 0.15) is 5.82 Å². The van der Waals surface area contributed by atoms with Crippen molar-refractivity contribution in [3.05, 3.63) is 18.1 Å². The van der Waals surface area contributed by atoms with E-state index in [-0.39, 0.29) is 0 Å². The quantitative estimate of drug-likeness (QED) is 0.609. The number of imidazole rings is 1. The van der Waals surface area contributed by atoms with Gasteiger partial charge in [0.15, 0.2) is 14.2 Å². The summed E-state index contributed by atoms with van der Waals surface area (Å²) in [5, 5.41) is 0. The second-order valence-corrected chi connectivity index (χ2v) is 3.24. The Morgan fingerprint density at radius 2 is 2.50 bits per heavy atom. The van der Waals surface area contributed by atoms with E-state index in [1.54, 1.807) is 6.20 Å². The Morgan fingerprint density at radius 3 is 3.50 bits per heavy atom. The van der Waals surface area contributed by atoms with Crippen LogP contribution in [0.2, 0.25) is 0 Å². The van der Waals surface area contributed by atoms with Crippen LogP contribution in [0, 0.1) is 0 Å². The van der Waals surface area contributed by atoms with E-state index < -0.39 is 0 Å². The van der Waals surface area contributed by atoms with Gasteiger partial charge in [-0.05, 0) is 6.08 Å². The van der Waals surface area contributed by atoms with Crippen molar-refractivity contribution in [2.24, 2.45) is 0 Å². The standard InChI is InChI=1S/C7H5N4P/c1-2-6-9-5-4-8-12-10-7(5)11(6)3-1/h1-2,4H,3H2. The van der Waals surface area contributed by atoms with Gasteiger partial charge in [0.2, 0.25) is 0 Å². The molecule has 3 rings (SSSR count). The lowest BCUT2D eigenvalue weighted by molar-refractivity contribution is 0.859. The molecule has 0 radical (unpaired) electrons. The lowest BCUT2D eigenvalue weighted by Gasteiger charge is -1.93. The van der Waals surface area contributed by atoms with Crippen LogP contribution in [0.4, 0.5) is 0 Å². The van der Waals surface area contributed by atoms with Gasteiger partial charge in [-0.3, -0.25) is 0 Å². The average Bonchev–Trinajstić information content (AvgIpc) is 2.62. The molecule has 5 heteroatoms. The predicted octanol–water partition coefficient (Wildman–Crippen LogP) is 1.43. The Bertz CT molecular complexity index is 473. The fourth-order valence-corrected chi connectivity index (χ4v) is 1.90. The number of allylic oxidation sites excluding steroid dienone is 1. The van der Waals surface area contributed by atoms with Crippen LogP contribution in [0.15, 0.2) is 12.3 Å². The van der Waals surface area contributed by atoms with Gasteiger partial charge in [0.1, 0.15) is 11.3 Å². The van der Waals surface area contributed by atoms with E-state index >= 15 is 0 Å². The molecule has 1 aliphatic heterocycles. The Morgan fingerprint density at radius 1 is 1.50 bits per heavy atom.